The molecule has 0 aliphatic rings. The number of amides is 2. The zero-order chi connectivity index (χ0) is 36.8. The summed E-state index contributed by atoms with van der Waals surface area (Å²) in [6, 6.07) is 16.2. The summed E-state index contributed by atoms with van der Waals surface area (Å²) in [6.07, 6.45) is 1.10. The van der Waals surface area contributed by atoms with E-state index in [9.17, 15) is 44.5 Å². The lowest BCUT2D eigenvalue weighted by Gasteiger charge is -2.23. The minimum Gasteiger partial charge on any atom is -0.481 e. The van der Waals surface area contributed by atoms with Crippen molar-refractivity contribution in [1.29, 1.82) is 0 Å². The number of nitro benzene ring substituents is 1. The Balaban J connectivity index is 1.61. The third kappa shape index (κ3) is 13.1. The molecule has 0 fully saturated rings. The van der Waals surface area contributed by atoms with Crippen molar-refractivity contribution in [3.8, 4) is 0 Å². The van der Waals surface area contributed by atoms with E-state index in [0.717, 1.165) is 5.56 Å². The minimum atomic E-state index is -1.27. The maximum absolute atomic E-state index is 13.2. The number of aryl methyl sites for hydroxylation is 1. The lowest BCUT2D eigenvalue weighted by molar-refractivity contribution is -0.403. The van der Waals surface area contributed by atoms with Crippen LogP contribution in [0.3, 0.4) is 0 Å². The number of nitro groups is 2. The lowest BCUT2D eigenvalue weighted by atomic mass is 10.00. The van der Waals surface area contributed by atoms with Crippen LogP contribution in [0.4, 0.5) is 17.1 Å². The molecule has 0 bridgehead atoms. The molecule has 0 radical (unpaired) electrons. The Labute approximate surface area is 286 Å². The fourth-order valence-electron chi connectivity index (χ4n) is 4.82. The molecule has 0 aliphatic carbocycles. The van der Waals surface area contributed by atoms with E-state index in [1.165, 1.54) is 24.3 Å². The number of carbonyl (C=O) groups is 4. The fourth-order valence-corrected chi connectivity index (χ4v) is 4.82. The van der Waals surface area contributed by atoms with Gasteiger partial charge >= 0.3 is 11.9 Å². The SMILES string of the molecule is CC(C)CC(NC(=O)Cc1ccc(N/C(=C/[N+](=O)[O-])Nc2ccc([N+](=O)[O-])cc2)cc1)C(=O)NC(Cc1ccc(CCC(=O)O)cc1)C(=O)O. The van der Waals surface area contributed by atoms with Crippen LogP contribution in [0.5, 0.6) is 0 Å². The lowest BCUT2D eigenvalue weighted by Crippen LogP contribution is -2.52. The van der Waals surface area contributed by atoms with E-state index >= 15 is 0 Å². The van der Waals surface area contributed by atoms with Gasteiger partial charge in [0.05, 0.1) is 16.3 Å². The molecule has 6 N–H and O–H groups in total. The summed E-state index contributed by atoms with van der Waals surface area (Å²) >= 11 is 0. The number of aliphatic carboxylic acids is 2. The molecule has 50 heavy (non-hydrogen) atoms. The van der Waals surface area contributed by atoms with Crippen LogP contribution in [0.15, 0.2) is 84.8 Å². The van der Waals surface area contributed by atoms with Gasteiger partial charge < -0.3 is 31.5 Å². The van der Waals surface area contributed by atoms with E-state index < -0.39 is 45.7 Å². The first-order valence-electron chi connectivity index (χ1n) is 15.5. The second kappa shape index (κ2) is 18.3. The minimum absolute atomic E-state index is 0.0148. The summed E-state index contributed by atoms with van der Waals surface area (Å²) < 4.78 is 0. The molecule has 16 nitrogen and oxygen atoms in total. The molecule has 2 unspecified atom stereocenters. The predicted molar refractivity (Wildman–Crippen MR) is 183 cm³/mol. The molecule has 3 aromatic rings. The molecule has 0 aliphatic heterocycles. The van der Waals surface area contributed by atoms with E-state index in [1.807, 2.05) is 13.8 Å². The van der Waals surface area contributed by atoms with E-state index in [0.29, 0.717) is 35.1 Å². The van der Waals surface area contributed by atoms with Gasteiger partial charge in [0.1, 0.15) is 12.1 Å². The summed E-state index contributed by atoms with van der Waals surface area (Å²) in [4.78, 5) is 69.9. The van der Waals surface area contributed by atoms with Crippen LogP contribution in [0.1, 0.15) is 43.4 Å². The zero-order valence-corrected chi connectivity index (χ0v) is 27.3. The topological polar surface area (TPSA) is 243 Å². The average molecular weight is 691 g/mol. The van der Waals surface area contributed by atoms with Gasteiger partial charge in [0.2, 0.25) is 11.8 Å². The highest BCUT2D eigenvalue weighted by Crippen LogP contribution is 2.19. The van der Waals surface area contributed by atoms with Crippen molar-refractivity contribution in [2.45, 2.75) is 58.0 Å². The van der Waals surface area contributed by atoms with Crippen LogP contribution in [0.2, 0.25) is 0 Å². The Morgan fingerprint density at radius 3 is 1.80 bits per heavy atom. The van der Waals surface area contributed by atoms with Gasteiger partial charge in [-0.3, -0.25) is 34.6 Å². The second-order valence-electron chi connectivity index (χ2n) is 11.8. The molecule has 0 heterocycles. The maximum atomic E-state index is 13.2. The third-order valence-corrected chi connectivity index (χ3v) is 7.25. The Morgan fingerprint density at radius 2 is 1.30 bits per heavy atom. The van der Waals surface area contributed by atoms with E-state index in [-0.39, 0.29) is 43.1 Å². The van der Waals surface area contributed by atoms with Crippen LogP contribution in [-0.4, -0.2) is 55.9 Å². The summed E-state index contributed by atoms with van der Waals surface area (Å²) in [7, 11) is 0. The highest BCUT2D eigenvalue weighted by atomic mass is 16.6. The van der Waals surface area contributed by atoms with Crippen molar-refractivity contribution >= 4 is 40.8 Å². The molecule has 2 atom stereocenters. The number of nitrogens with zero attached hydrogens (tertiary/aromatic N) is 2. The van der Waals surface area contributed by atoms with Crippen LogP contribution >= 0.6 is 0 Å². The Morgan fingerprint density at radius 1 is 0.760 bits per heavy atom. The summed E-state index contributed by atoms with van der Waals surface area (Å²) in [5, 5.41) is 51.6. The normalized spacial score (nSPS) is 12.3. The van der Waals surface area contributed by atoms with Crippen LogP contribution in [0.25, 0.3) is 0 Å². The second-order valence-corrected chi connectivity index (χ2v) is 11.8. The van der Waals surface area contributed by atoms with E-state index in [2.05, 4.69) is 21.3 Å². The highest BCUT2D eigenvalue weighted by molar-refractivity contribution is 5.91. The van der Waals surface area contributed by atoms with Gasteiger partial charge in [0.15, 0.2) is 5.82 Å². The molecule has 264 valence electrons. The van der Waals surface area contributed by atoms with Crippen LogP contribution in [0, 0.1) is 26.1 Å². The molecule has 16 heteroatoms. The molecule has 0 aromatic heterocycles. The monoisotopic (exact) mass is 690 g/mol. The van der Waals surface area contributed by atoms with Crippen molar-refractivity contribution in [1.82, 2.24) is 10.6 Å². The van der Waals surface area contributed by atoms with Crippen LogP contribution < -0.4 is 21.3 Å². The summed E-state index contributed by atoms with van der Waals surface area (Å²) in [6.45, 7) is 3.72. The summed E-state index contributed by atoms with van der Waals surface area (Å²) in [5.74, 6) is -3.35. The number of rotatable bonds is 19. The number of anilines is 2. The smallest absolute Gasteiger partial charge is 0.326 e. The first kappa shape index (κ1) is 38.1. The Bertz CT molecular complexity index is 1710. The first-order chi connectivity index (χ1) is 23.7. The van der Waals surface area contributed by atoms with Gasteiger partial charge in [-0.25, -0.2) is 4.79 Å². The number of benzene rings is 3. The molecule has 0 spiro atoms. The Kier molecular flexibility index (Phi) is 13.9. The first-order valence-corrected chi connectivity index (χ1v) is 15.5. The number of hydrogen-bond acceptors (Lipinski definition) is 10. The van der Waals surface area contributed by atoms with Gasteiger partial charge in [0, 0.05) is 36.3 Å². The standard InChI is InChI=1S/C34H38N6O10/c1-21(2)17-28(33(44)38-29(34(45)46)18-23-5-3-22(4-6-23)9-16-32(42)43)37-31(41)19-24-7-10-25(11-8-24)35-30(20-39(47)48)36-26-12-14-27(15-13-26)40(49)50/h3-8,10-15,20-21,28-29,35-36H,9,16-19H2,1-2H3,(H,37,41)(H,38,44)(H,42,43)(H,45,46)/b30-20-. The molecule has 0 saturated carbocycles. The van der Waals surface area contributed by atoms with Crippen molar-refractivity contribution in [3.05, 3.63) is 122 Å². The summed E-state index contributed by atoms with van der Waals surface area (Å²) in [5.41, 5.74) is 2.63. The predicted octanol–water partition coefficient (Wildman–Crippen LogP) is 4.10. The van der Waals surface area contributed by atoms with Crippen molar-refractivity contribution < 1.29 is 39.2 Å². The van der Waals surface area contributed by atoms with Crippen LogP contribution in [-0.2, 0) is 38.4 Å². The number of carboxylic acid groups (broad SMARTS) is 2. The third-order valence-electron chi connectivity index (χ3n) is 7.25. The van der Waals surface area contributed by atoms with Gasteiger partial charge in [0.25, 0.3) is 11.9 Å². The zero-order valence-electron chi connectivity index (χ0n) is 27.3. The number of nitrogens with one attached hydrogen (secondary N) is 4. The molecule has 0 saturated heterocycles. The molecule has 2 amide bonds. The van der Waals surface area contributed by atoms with Crippen molar-refractivity contribution in [2.24, 2.45) is 5.92 Å². The van der Waals surface area contributed by atoms with Gasteiger partial charge in [-0.15, -0.1) is 0 Å². The fraction of sp³-hybridized carbons (Fsp3) is 0.294. The van der Waals surface area contributed by atoms with Crippen molar-refractivity contribution in [2.75, 3.05) is 10.6 Å². The molecular formula is C34H38N6O10. The van der Waals surface area contributed by atoms with Crippen molar-refractivity contribution in [3.63, 3.8) is 0 Å². The van der Waals surface area contributed by atoms with Gasteiger partial charge in [-0.1, -0.05) is 50.2 Å². The highest BCUT2D eigenvalue weighted by Gasteiger charge is 2.27. The van der Waals surface area contributed by atoms with Gasteiger partial charge in [-0.2, -0.15) is 0 Å². The molecule has 3 rings (SSSR count). The molecular weight excluding hydrogens is 652 g/mol. The average Bonchev–Trinajstić information content (AvgIpc) is 3.04. The van der Waals surface area contributed by atoms with E-state index in [1.54, 1.807) is 48.5 Å². The largest absolute Gasteiger partial charge is 0.481 e. The van der Waals surface area contributed by atoms with E-state index in [4.69, 9.17) is 5.11 Å². The number of carboxylic acids is 2. The quantitative estimate of drug-likeness (QED) is 0.0769. The number of non-ortho nitro benzene ring substituents is 1. The maximum Gasteiger partial charge on any atom is 0.326 e. The van der Waals surface area contributed by atoms with Gasteiger partial charge in [-0.05, 0) is 59.7 Å². The number of hydrogen-bond donors (Lipinski definition) is 6. The Hall–Kier alpha value is -6.32. The number of carbonyl (C=O) groups excluding carboxylic acids is 2. The molecule has 3 aromatic carbocycles.